The third-order valence-electron chi connectivity index (χ3n) is 3.47. The predicted octanol–water partition coefficient (Wildman–Crippen LogP) is 1.61. The minimum absolute atomic E-state index is 0.352. The van der Waals surface area contributed by atoms with Crippen molar-refractivity contribution >= 4 is 10.0 Å². The zero-order chi connectivity index (χ0) is 13.9. The molecule has 1 aromatic carbocycles. The number of fused-ring (bicyclic) bond motifs is 1. The van der Waals surface area contributed by atoms with Crippen molar-refractivity contribution in [1.82, 2.24) is 4.72 Å². The van der Waals surface area contributed by atoms with Gasteiger partial charge in [-0.1, -0.05) is 6.07 Å². The van der Waals surface area contributed by atoms with Crippen LogP contribution in [0.5, 0.6) is 0 Å². The summed E-state index contributed by atoms with van der Waals surface area (Å²) in [6.07, 6.45) is 4.00. The summed E-state index contributed by atoms with van der Waals surface area (Å²) < 4.78 is 26.8. The Hall–Kier alpha value is -0.910. The molecule has 0 aliphatic heterocycles. The molecule has 4 nitrogen and oxygen atoms in total. The molecule has 1 unspecified atom stereocenters. The van der Waals surface area contributed by atoms with Crippen molar-refractivity contribution < 1.29 is 13.5 Å². The van der Waals surface area contributed by atoms with Crippen LogP contribution >= 0.6 is 0 Å². The van der Waals surface area contributed by atoms with E-state index in [-0.39, 0.29) is 6.10 Å². The molecule has 0 amide bonds. The number of aryl methyl sites for hydroxylation is 2. The van der Waals surface area contributed by atoms with Gasteiger partial charge in [-0.15, -0.1) is 0 Å². The van der Waals surface area contributed by atoms with E-state index in [1.807, 2.05) is 6.07 Å². The number of benzene rings is 1. The van der Waals surface area contributed by atoms with E-state index >= 15 is 0 Å². The average molecular weight is 283 g/mol. The van der Waals surface area contributed by atoms with E-state index in [4.69, 9.17) is 5.11 Å². The molecule has 0 saturated heterocycles. The molecule has 1 atom stereocenters. The Labute approximate surface area is 114 Å². The normalized spacial score (nSPS) is 16.3. The van der Waals surface area contributed by atoms with Crippen LogP contribution in [0.1, 0.15) is 37.3 Å². The highest BCUT2D eigenvalue weighted by Crippen LogP contribution is 2.24. The predicted molar refractivity (Wildman–Crippen MR) is 74.6 cm³/mol. The highest BCUT2D eigenvalue weighted by Gasteiger charge is 2.17. The molecule has 0 spiro atoms. The van der Waals surface area contributed by atoms with Crippen LogP contribution in [-0.2, 0) is 22.9 Å². The van der Waals surface area contributed by atoms with Gasteiger partial charge in [0, 0.05) is 6.54 Å². The monoisotopic (exact) mass is 283 g/mol. The third kappa shape index (κ3) is 3.78. The second-order valence-corrected chi connectivity index (χ2v) is 6.94. The summed E-state index contributed by atoms with van der Waals surface area (Å²) in [6, 6.07) is 5.40. The first kappa shape index (κ1) is 14.5. The van der Waals surface area contributed by atoms with E-state index in [1.54, 1.807) is 19.1 Å². The molecule has 0 aromatic heterocycles. The van der Waals surface area contributed by atoms with Gasteiger partial charge in [0.2, 0.25) is 10.0 Å². The van der Waals surface area contributed by atoms with Crippen LogP contribution in [0, 0.1) is 0 Å². The van der Waals surface area contributed by atoms with Gasteiger partial charge in [0.15, 0.2) is 0 Å². The summed E-state index contributed by atoms with van der Waals surface area (Å²) in [5.74, 6) is 0. The summed E-state index contributed by atoms with van der Waals surface area (Å²) in [7, 11) is -3.41. The van der Waals surface area contributed by atoms with Crippen molar-refractivity contribution in [2.45, 2.75) is 50.0 Å². The van der Waals surface area contributed by atoms with Crippen LogP contribution in [0.15, 0.2) is 23.1 Å². The quantitative estimate of drug-likeness (QED) is 0.780. The van der Waals surface area contributed by atoms with Gasteiger partial charge >= 0.3 is 0 Å². The van der Waals surface area contributed by atoms with Gasteiger partial charge in [-0.05, 0) is 62.3 Å². The molecule has 5 heteroatoms. The fourth-order valence-electron chi connectivity index (χ4n) is 2.40. The number of rotatable bonds is 6. The minimum atomic E-state index is -3.41. The Kier molecular flexibility index (Phi) is 4.60. The Balaban J connectivity index is 1.99. The third-order valence-corrected chi connectivity index (χ3v) is 4.93. The van der Waals surface area contributed by atoms with E-state index in [0.717, 1.165) is 24.8 Å². The van der Waals surface area contributed by atoms with E-state index in [9.17, 15) is 8.42 Å². The molecule has 0 saturated carbocycles. The van der Waals surface area contributed by atoms with Crippen LogP contribution < -0.4 is 4.72 Å². The molecule has 0 heterocycles. The molecule has 1 aliphatic rings. The van der Waals surface area contributed by atoms with Gasteiger partial charge in [0.1, 0.15) is 0 Å². The topological polar surface area (TPSA) is 66.4 Å². The van der Waals surface area contributed by atoms with E-state index in [0.29, 0.717) is 24.3 Å². The number of hydrogen-bond donors (Lipinski definition) is 2. The first-order valence-corrected chi connectivity index (χ1v) is 8.27. The first-order chi connectivity index (χ1) is 8.99. The number of hydrogen-bond acceptors (Lipinski definition) is 3. The number of aliphatic hydroxyl groups is 1. The lowest BCUT2D eigenvalue weighted by atomic mass is 10.1. The molecule has 1 aromatic rings. The average Bonchev–Trinajstić information content (AvgIpc) is 2.81. The lowest BCUT2D eigenvalue weighted by Gasteiger charge is -2.09. The molecule has 1 aliphatic carbocycles. The summed E-state index contributed by atoms with van der Waals surface area (Å²) in [6.45, 7) is 2.07. The summed E-state index contributed by atoms with van der Waals surface area (Å²) >= 11 is 0. The Morgan fingerprint density at radius 1 is 1.32 bits per heavy atom. The number of nitrogens with one attached hydrogen (secondary N) is 1. The minimum Gasteiger partial charge on any atom is -0.393 e. The van der Waals surface area contributed by atoms with Gasteiger partial charge in [-0.2, -0.15) is 0 Å². The van der Waals surface area contributed by atoms with Gasteiger partial charge in [0.25, 0.3) is 0 Å². The molecular formula is C14H21NO3S. The first-order valence-electron chi connectivity index (χ1n) is 6.78. The lowest BCUT2D eigenvalue weighted by Crippen LogP contribution is -2.25. The molecule has 19 heavy (non-hydrogen) atoms. The van der Waals surface area contributed by atoms with Crippen LogP contribution in [0.3, 0.4) is 0 Å². The standard InChI is InChI=1S/C14H21NO3S/c1-11(16)4-3-9-15-19(17,18)14-8-7-12-5-2-6-13(12)10-14/h7-8,10-11,15-16H,2-6,9H2,1H3. The summed E-state index contributed by atoms with van der Waals surface area (Å²) in [5.41, 5.74) is 2.43. The Morgan fingerprint density at radius 2 is 2.05 bits per heavy atom. The van der Waals surface area contributed by atoms with Crippen molar-refractivity contribution in [3.63, 3.8) is 0 Å². The molecule has 0 fully saturated rings. The molecule has 2 rings (SSSR count). The number of sulfonamides is 1. The molecular weight excluding hydrogens is 262 g/mol. The number of aliphatic hydroxyl groups excluding tert-OH is 1. The SMILES string of the molecule is CC(O)CCCNS(=O)(=O)c1ccc2c(c1)CCC2. The van der Waals surface area contributed by atoms with Crippen molar-refractivity contribution in [3.05, 3.63) is 29.3 Å². The summed E-state index contributed by atoms with van der Waals surface area (Å²) in [4.78, 5) is 0.352. The van der Waals surface area contributed by atoms with Crippen LogP contribution in [0.25, 0.3) is 0 Å². The van der Waals surface area contributed by atoms with Crippen molar-refractivity contribution in [3.8, 4) is 0 Å². The highest BCUT2D eigenvalue weighted by atomic mass is 32.2. The van der Waals surface area contributed by atoms with E-state index in [2.05, 4.69) is 4.72 Å². The maximum atomic E-state index is 12.1. The zero-order valence-corrected chi connectivity index (χ0v) is 12.0. The molecule has 0 bridgehead atoms. The zero-order valence-electron chi connectivity index (χ0n) is 11.2. The maximum absolute atomic E-state index is 12.1. The van der Waals surface area contributed by atoms with Crippen molar-refractivity contribution in [1.29, 1.82) is 0 Å². The Bertz CT molecular complexity index is 538. The second-order valence-electron chi connectivity index (χ2n) is 5.17. The van der Waals surface area contributed by atoms with Crippen molar-refractivity contribution in [2.75, 3.05) is 6.54 Å². The fourth-order valence-corrected chi connectivity index (χ4v) is 3.53. The maximum Gasteiger partial charge on any atom is 0.240 e. The van der Waals surface area contributed by atoms with Gasteiger partial charge in [0.05, 0.1) is 11.0 Å². The van der Waals surface area contributed by atoms with Gasteiger partial charge < -0.3 is 5.11 Å². The van der Waals surface area contributed by atoms with E-state index < -0.39 is 10.0 Å². The van der Waals surface area contributed by atoms with Gasteiger partial charge in [-0.3, -0.25) is 0 Å². The van der Waals surface area contributed by atoms with Crippen molar-refractivity contribution in [2.24, 2.45) is 0 Å². The second kappa shape index (κ2) is 6.03. The largest absolute Gasteiger partial charge is 0.393 e. The Morgan fingerprint density at radius 3 is 2.79 bits per heavy atom. The van der Waals surface area contributed by atoms with Crippen LogP contribution in [0.4, 0.5) is 0 Å². The van der Waals surface area contributed by atoms with Crippen LogP contribution in [0.2, 0.25) is 0 Å². The highest BCUT2D eigenvalue weighted by molar-refractivity contribution is 7.89. The molecule has 106 valence electrons. The lowest BCUT2D eigenvalue weighted by molar-refractivity contribution is 0.182. The summed E-state index contributed by atoms with van der Waals surface area (Å²) in [5, 5.41) is 9.13. The smallest absolute Gasteiger partial charge is 0.240 e. The molecule has 2 N–H and O–H groups in total. The molecule has 0 radical (unpaired) electrons. The fraction of sp³-hybridized carbons (Fsp3) is 0.571. The van der Waals surface area contributed by atoms with Crippen LogP contribution in [-0.4, -0.2) is 26.2 Å². The van der Waals surface area contributed by atoms with Gasteiger partial charge in [-0.25, -0.2) is 13.1 Å². The van der Waals surface area contributed by atoms with E-state index in [1.165, 1.54) is 5.56 Å².